The average Bonchev–Trinajstić information content (AvgIpc) is 3.35. The van der Waals surface area contributed by atoms with Crippen molar-refractivity contribution >= 4 is 39.7 Å². The normalized spacial score (nSPS) is 11.0. The minimum atomic E-state index is 0. The second-order valence-corrected chi connectivity index (χ2v) is 9.61. The van der Waals surface area contributed by atoms with Gasteiger partial charge in [-0.1, -0.05) is 6.58 Å². The summed E-state index contributed by atoms with van der Waals surface area (Å²) in [7, 11) is 1.97. The topological polar surface area (TPSA) is 94.4 Å². The Kier molecular flexibility index (Phi) is 10.4. The molecule has 0 atom stereocenters. The minimum absolute atomic E-state index is 0. The van der Waals surface area contributed by atoms with Crippen LogP contribution in [0.5, 0.6) is 17.2 Å². The number of fused-ring (bicyclic) bond motifs is 2. The summed E-state index contributed by atoms with van der Waals surface area (Å²) in [6.45, 7) is 11.6. The van der Waals surface area contributed by atoms with Crippen molar-refractivity contribution in [3.8, 4) is 17.2 Å². The fourth-order valence-corrected chi connectivity index (χ4v) is 4.45. The van der Waals surface area contributed by atoms with E-state index >= 15 is 0 Å². The molecule has 0 fully saturated rings. The number of ether oxygens (including phenoxy) is 2. The Morgan fingerprint density at radius 2 is 2.05 bits per heavy atom. The van der Waals surface area contributed by atoms with Gasteiger partial charge in [0.15, 0.2) is 0 Å². The van der Waals surface area contributed by atoms with E-state index in [9.17, 15) is 4.79 Å². The fourth-order valence-electron chi connectivity index (χ4n) is 4.45. The first-order chi connectivity index (χ1) is 19.9. The number of nitrogens with zero attached hydrogens (tertiary/aromatic N) is 5. The number of carbonyl (C=O) groups is 1. The van der Waals surface area contributed by atoms with Gasteiger partial charge in [-0.2, -0.15) is 6.07 Å². The molecule has 0 saturated heterocycles. The van der Waals surface area contributed by atoms with Crippen molar-refractivity contribution in [1.29, 1.82) is 0 Å². The number of hydrogen-bond acceptors (Lipinski definition) is 8. The van der Waals surface area contributed by atoms with Crippen LogP contribution in [0.1, 0.15) is 5.56 Å². The van der Waals surface area contributed by atoms with Gasteiger partial charge in [0, 0.05) is 31.1 Å². The molecule has 0 radical (unpaired) electrons. The smallest absolute Gasteiger partial charge is 0.550 e. The van der Waals surface area contributed by atoms with Crippen LogP contribution in [0.15, 0.2) is 73.3 Å². The summed E-state index contributed by atoms with van der Waals surface area (Å²) in [4.78, 5) is 26.2. The summed E-state index contributed by atoms with van der Waals surface area (Å²) in [6, 6.07) is 18.6. The number of aromatic nitrogens is 4. The first-order valence-corrected chi connectivity index (χ1v) is 13.2. The van der Waals surface area contributed by atoms with E-state index in [4.69, 9.17) is 9.47 Å². The van der Waals surface area contributed by atoms with E-state index in [1.165, 1.54) is 6.33 Å². The molecule has 0 aliphatic carbocycles. The van der Waals surface area contributed by atoms with Gasteiger partial charge in [0.25, 0.3) is 0 Å². The van der Waals surface area contributed by atoms with Crippen molar-refractivity contribution in [3.05, 3.63) is 98.3 Å². The Balaban J connectivity index is 0.00000405. The summed E-state index contributed by atoms with van der Waals surface area (Å²) in [5.74, 6) is 2.63. The molecule has 9 nitrogen and oxygen atoms in total. The molecule has 5 rings (SSSR count). The summed E-state index contributed by atoms with van der Waals surface area (Å²) in [5, 5.41) is 4.13. The molecule has 42 heavy (non-hydrogen) atoms. The monoisotopic (exact) mass is 554 g/mol. The molecule has 5 aromatic rings. The van der Waals surface area contributed by atoms with E-state index in [1.807, 2.05) is 72.3 Å². The van der Waals surface area contributed by atoms with Gasteiger partial charge >= 0.3 is 18.9 Å². The van der Waals surface area contributed by atoms with Gasteiger partial charge in [-0.25, -0.2) is 9.97 Å². The molecule has 210 valence electrons. The number of benzene rings is 3. The number of anilines is 2. The Labute approximate surface area is 257 Å². The third-order valence-electron chi connectivity index (χ3n) is 6.56. The zero-order chi connectivity index (χ0) is 28.8. The van der Waals surface area contributed by atoms with E-state index in [0.717, 1.165) is 51.0 Å². The van der Waals surface area contributed by atoms with E-state index in [1.54, 1.807) is 12.4 Å². The van der Waals surface area contributed by atoms with E-state index in [2.05, 4.69) is 39.8 Å². The third kappa shape index (κ3) is 7.18. The summed E-state index contributed by atoms with van der Waals surface area (Å²) in [5.41, 5.74) is 4.98. The van der Waals surface area contributed by atoms with Crippen molar-refractivity contribution < 1.29 is 33.1 Å². The zero-order valence-electron chi connectivity index (χ0n) is 24.1. The number of aryl methyl sites for hydroxylation is 2. The molecular weight excluding hydrogens is 523 g/mol. The number of nitrogens with one attached hydrogen (secondary N) is 1. The van der Waals surface area contributed by atoms with Crippen LogP contribution in [-0.2, 0) is 11.8 Å². The third-order valence-corrected chi connectivity index (χ3v) is 6.56. The van der Waals surface area contributed by atoms with Crippen LogP contribution >= 0.6 is 0 Å². The predicted molar refractivity (Wildman–Crippen MR) is 160 cm³/mol. The molecule has 1 N–H and O–H groups in total. The Morgan fingerprint density at radius 3 is 2.83 bits per heavy atom. The molecule has 2 heterocycles. The van der Waals surface area contributed by atoms with Crippen molar-refractivity contribution in [2.45, 2.75) is 6.92 Å². The standard InChI is InChI=1S/C32H31N6O3.Li/c1-5-38(18-22(2)19-39)14-7-15-40-30-9-6-8-26-31(30)32(34-20-33-26)36-24-10-13-29(23(3)16-24)41-25-11-12-28-27(17-25)35-21-37(28)4;/h6-8,10-13,16-17,19-21H,1-2,5,14-15,18H2,3-4H3,(H,33,34,36);/q-3;+1. The molecular formula is C32H31LiN6O3-2. The maximum atomic E-state index is 10.9. The summed E-state index contributed by atoms with van der Waals surface area (Å²) >= 11 is 0. The van der Waals surface area contributed by atoms with E-state index < -0.39 is 0 Å². The predicted octanol–water partition coefficient (Wildman–Crippen LogP) is 2.64. The molecule has 0 saturated carbocycles. The molecule has 0 unspecified atom stereocenters. The van der Waals surface area contributed by atoms with Gasteiger partial charge in [-0.3, -0.25) is 16.2 Å². The Bertz CT molecular complexity index is 1700. The number of hydrogen-bond donors (Lipinski definition) is 1. The van der Waals surface area contributed by atoms with Crippen LogP contribution in [0.25, 0.3) is 21.9 Å². The molecule has 2 aromatic heterocycles. The summed E-state index contributed by atoms with van der Waals surface area (Å²) in [6.07, 6.45) is 6.05. The van der Waals surface area contributed by atoms with Crippen LogP contribution in [0, 0.1) is 26.3 Å². The van der Waals surface area contributed by atoms with Crippen LogP contribution in [-0.4, -0.2) is 56.9 Å². The van der Waals surface area contributed by atoms with Crippen LogP contribution < -0.4 is 33.7 Å². The van der Waals surface area contributed by atoms with E-state index in [-0.39, 0.29) is 18.9 Å². The molecule has 0 aliphatic rings. The minimum Gasteiger partial charge on any atom is -0.550 e. The van der Waals surface area contributed by atoms with Crippen molar-refractivity contribution in [1.82, 2.24) is 24.4 Å². The van der Waals surface area contributed by atoms with Crippen LogP contribution in [0.4, 0.5) is 11.5 Å². The maximum absolute atomic E-state index is 10.9. The molecule has 0 aliphatic heterocycles. The zero-order valence-corrected chi connectivity index (χ0v) is 24.1. The SMILES string of the molecule is C=C(C=O)CN(C[CH2-])C[CH-]COc1[c-]ccc2ncnc(Nc3ccc(Oc4ccc5c(c4)ncn5C)c(C)c3)c12.[Li+]. The van der Waals surface area contributed by atoms with Crippen molar-refractivity contribution in [2.24, 2.45) is 7.05 Å². The Morgan fingerprint density at radius 1 is 1.19 bits per heavy atom. The molecule has 0 spiro atoms. The first-order valence-electron chi connectivity index (χ1n) is 13.2. The maximum Gasteiger partial charge on any atom is 1.00 e. The van der Waals surface area contributed by atoms with Crippen LogP contribution in [0.3, 0.4) is 0 Å². The number of imidazole rings is 1. The molecule has 10 heteroatoms. The summed E-state index contributed by atoms with van der Waals surface area (Å²) < 4.78 is 14.2. The number of aldehydes is 1. The van der Waals surface area contributed by atoms with Gasteiger partial charge in [-0.15, -0.1) is 25.2 Å². The quantitative estimate of drug-likeness (QED) is 0.0781. The largest absolute Gasteiger partial charge is 1.00 e. The second kappa shape index (κ2) is 14.1. The number of carbonyl (C=O) groups excluding carboxylic acids is 1. The fraction of sp³-hybridized carbons (Fsp3) is 0.188. The molecule has 0 amide bonds. The molecule has 3 aromatic carbocycles. The Hall–Kier alpha value is -4.16. The van der Waals surface area contributed by atoms with Crippen molar-refractivity contribution in [3.63, 3.8) is 0 Å². The van der Waals surface area contributed by atoms with Gasteiger partial charge in [-0.05, 0) is 65.9 Å². The average molecular weight is 555 g/mol. The van der Waals surface area contributed by atoms with Gasteiger partial charge in [0.05, 0.1) is 23.2 Å². The molecule has 0 bridgehead atoms. The van der Waals surface area contributed by atoms with Gasteiger partial charge < -0.3 is 31.2 Å². The first kappa shape index (κ1) is 30.8. The second-order valence-electron chi connectivity index (χ2n) is 9.61. The number of rotatable bonds is 13. The van der Waals surface area contributed by atoms with E-state index in [0.29, 0.717) is 43.4 Å². The van der Waals surface area contributed by atoms with Crippen molar-refractivity contribution in [2.75, 3.05) is 31.6 Å². The van der Waals surface area contributed by atoms with Gasteiger partial charge in [0.2, 0.25) is 0 Å². The van der Waals surface area contributed by atoms with Crippen LogP contribution in [0.2, 0.25) is 0 Å². The van der Waals surface area contributed by atoms with Gasteiger partial charge in [0.1, 0.15) is 24.1 Å².